The van der Waals surface area contributed by atoms with Gasteiger partial charge in [0.05, 0.1) is 37.3 Å². The third kappa shape index (κ3) is 4.89. The molecule has 3 aromatic rings. The summed E-state index contributed by atoms with van der Waals surface area (Å²) in [5, 5.41) is 9.28. The number of benzene rings is 2. The maximum atomic E-state index is 12.0. The number of thioether (sulfide) groups is 1. The summed E-state index contributed by atoms with van der Waals surface area (Å²) in [5.41, 5.74) is 1.64. The number of hydrogen-bond acceptors (Lipinski definition) is 7. The van der Waals surface area contributed by atoms with Crippen LogP contribution >= 0.6 is 11.8 Å². The molecule has 3 rings (SSSR count). The second-order valence-electron chi connectivity index (χ2n) is 6.37. The van der Waals surface area contributed by atoms with Crippen molar-refractivity contribution in [2.24, 2.45) is 0 Å². The van der Waals surface area contributed by atoms with Crippen LogP contribution in [0.1, 0.15) is 13.8 Å². The highest BCUT2D eigenvalue weighted by Gasteiger charge is 2.20. The maximum absolute atomic E-state index is 12.0. The standard InChI is InChI=1S/C21H23N3O4S/c1-14(2)28-19(25)13-29-21-23-22-20(17-7-5-6-8-18(17)27-4)24(21)15-9-11-16(26-3)12-10-15/h5-12,14H,13H2,1-4H3. The molecule has 0 atom stereocenters. The highest BCUT2D eigenvalue weighted by Crippen LogP contribution is 2.33. The zero-order valence-corrected chi connectivity index (χ0v) is 17.6. The minimum atomic E-state index is -0.298. The summed E-state index contributed by atoms with van der Waals surface area (Å²) < 4.78 is 17.9. The second kappa shape index (κ2) is 9.47. The van der Waals surface area contributed by atoms with Gasteiger partial charge in [-0.2, -0.15) is 0 Å². The number of carbonyl (C=O) groups excluding carboxylic acids is 1. The van der Waals surface area contributed by atoms with Crippen molar-refractivity contribution in [2.75, 3.05) is 20.0 Å². The zero-order chi connectivity index (χ0) is 20.8. The summed E-state index contributed by atoms with van der Waals surface area (Å²) in [6.45, 7) is 3.64. The van der Waals surface area contributed by atoms with E-state index in [1.807, 2.05) is 66.9 Å². The third-order valence-corrected chi connectivity index (χ3v) is 4.90. The first-order valence-corrected chi connectivity index (χ1v) is 10.1. The van der Waals surface area contributed by atoms with Crippen molar-refractivity contribution in [1.82, 2.24) is 14.8 Å². The number of rotatable bonds is 8. The van der Waals surface area contributed by atoms with Gasteiger partial charge in [-0.25, -0.2) is 0 Å². The SMILES string of the molecule is COc1ccc(-n2c(SCC(=O)OC(C)C)nnc2-c2ccccc2OC)cc1. The molecule has 2 aromatic carbocycles. The Morgan fingerprint density at radius 1 is 1.03 bits per heavy atom. The van der Waals surface area contributed by atoms with Crippen LogP contribution in [0, 0.1) is 0 Å². The van der Waals surface area contributed by atoms with Gasteiger partial charge in [0.25, 0.3) is 0 Å². The Labute approximate surface area is 174 Å². The first kappa shape index (κ1) is 20.7. The molecule has 0 saturated carbocycles. The van der Waals surface area contributed by atoms with E-state index in [1.54, 1.807) is 14.2 Å². The van der Waals surface area contributed by atoms with Crippen LogP contribution in [0.2, 0.25) is 0 Å². The molecule has 8 heteroatoms. The minimum absolute atomic E-state index is 0.137. The number of methoxy groups -OCH3 is 2. The maximum Gasteiger partial charge on any atom is 0.316 e. The van der Waals surface area contributed by atoms with Gasteiger partial charge in [-0.15, -0.1) is 10.2 Å². The highest BCUT2D eigenvalue weighted by molar-refractivity contribution is 7.99. The Hall–Kier alpha value is -3.00. The van der Waals surface area contributed by atoms with Gasteiger partial charge in [0.1, 0.15) is 11.5 Å². The predicted octanol–water partition coefficient (Wildman–Crippen LogP) is 4.00. The smallest absolute Gasteiger partial charge is 0.316 e. The normalized spacial score (nSPS) is 10.8. The summed E-state index contributed by atoms with van der Waals surface area (Å²) in [6.07, 6.45) is -0.160. The second-order valence-corrected chi connectivity index (χ2v) is 7.31. The van der Waals surface area contributed by atoms with E-state index in [1.165, 1.54) is 11.8 Å². The Morgan fingerprint density at radius 2 is 1.76 bits per heavy atom. The van der Waals surface area contributed by atoms with Crippen molar-refractivity contribution in [3.05, 3.63) is 48.5 Å². The quantitative estimate of drug-likeness (QED) is 0.408. The lowest BCUT2D eigenvalue weighted by Crippen LogP contribution is -2.13. The molecule has 0 saturated heterocycles. The van der Waals surface area contributed by atoms with Gasteiger partial charge in [-0.1, -0.05) is 23.9 Å². The number of aromatic nitrogens is 3. The predicted molar refractivity (Wildman–Crippen MR) is 112 cm³/mol. The molecule has 0 radical (unpaired) electrons. The lowest BCUT2D eigenvalue weighted by Gasteiger charge is -2.13. The fourth-order valence-corrected chi connectivity index (χ4v) is 3.49. The van der Waals surface area contributed by atoms with Gasteiger partial charge in [0, 0.05) is 0 Å². The molecule has 0 spiro atoms. The van der Waals surface area contributed by atoms with Crippen molar-refractivity contribution in [2.45, 2.75) is 25.1 Å². The monoisotopic (exact) mass is 413 g/mol. The van der Waals surface area contributed by atoms with Crippen LogP contribution in [0.25, 0.3) is 17.1 Å². The van der Waals surface area contributed by atoms with Crippen LogP contribution in [0.5, 0.6) is 11.5 Å². The van der Waals surface area contributed by atoms with E-state index in [-0.39, 0.29) is 17.8 Å². The number of nitrogens with zero attached hydrogens (tertiary/aromatic N) is 3. The zero-order valence-electron chi connectivity index (χ0n) is 16.8. The van der Waals surface area contributed by atoms with E-state index in [2.05, 4.69) is 10.2 Å². The average Bonchev–Trinajstić information content (AvgIpc) is 3.15. The molecule has 29 heavy (non-hydrogen) atoms. The summed E-state index contributed by atoms with van der Waals surface area (Å²) in [7, 11) is 3.24. The number of hydrogen-bond donors (Lipinski definition) is 0. The first-order chi connectivity index (χ1) is 14.0. The summed E-state index contributed by atoms with van der Waals surface area (Å²) in [6, 6.07) is 15.2. The van der Waals surface area contributed by atoms with E-state index < -0.39 is 0 Å². The fraction of sp³-hybridized carbons (Fsp3) is 0.286. The van der Waals surface area contributed by atoms with Crippen LogP contribution in [-0.4, -0.2) is 46.8 Å². The molecule has 0 aliphatic rings. The van der Waals surface area contributed by atoms with E-state index >= 15 is 0 Å². The Bertz CT molecular complexity index is 970. The molecule has 0 bridgehead atoms. The summed E-state index contributed by atoms with van der Waals surface area (Å²) in [4.78, 5) is 12.0. The topological polar surface area (TPSA) is 75.5 Å². The number of para-hydroxylation sites is 1. The fourth-order valence-electron chi connectivity index (χ4n) is 2.75. The van der Waals surface area contributed by atoms with Gasteiger partial charge < -0.3 is 14.2 Å². The largest absolute Gasteiger partial charge is 0.497 e. The van der Waals surface area contributed by atoms with Crippen molar-refractivity contribution in [3.8, 4) is 28.6 Å². The number of carbonyl (C=O) groups is 1. The van der Waals surface area contributed by atoms with Gasteiger partial charge in [-0.3, -0.25) is 9.36 Å². The van der Waals surface area contributed by atoms with Gasteiger partial charge in [0.15, 0.2) is 11.0 Å². The Balaban J connectivity index is 2.02. The van der Waals surface area contributed by atoms with Crippen molar-refractivity contribution in [1.29, 1.82) is 0 Å². The molecule has 0 N–H and O–H groups in total. The number of ether oxygens (including phenoxy) is 3. The average molecular weight is 413 g/mol. The van der Waals surface area contributed by atoms with Crippen molar-refractivity contribution >= 4 is 17.7 Å². The molecular formula is C21H23N3O4S. The van der Waals surface area contributed by atoms with E-state index in [0.29, 0.717) is 16.7 Å². The molecule has 7 nitrogen and oxygen atoms in total. The Kier molecular flexibility index (Phi) is 6.77. The van der Waals surface area contributed by atoms with Gasteiger partial charge >= 0.3 is 5.97 Å². The molecular weight excluding hydrogens is 390 g/mol. The lowest BCUT2D eigenvalue weighted by atomic mass is 10.2. The van der Waals surface area contributed by atoms with Crippen molar-refractivity contribution in [3.63, 3.8) is 0 Å². The molecule has 1 heterocycles. The van der Waals surface area contributed by atoms with Crippen LogP contribution in [0.4, 0.5) is 0 Å². The van der Waals surface area contributed by atoms with Crippen LogP contribution in [0.15, 0.2) is 53.7 Å². The van der Waals surface area contributed by atoms with Crippen LogP contribution in [-0.2, 0) is 9.53 Å². The molecule has 1 aromatic heterocycles. The van der Waals surface area contributed by atoms with E-state index in [9.17, 15) is 4.79 Å². The van der Waals surface area contributed by atoms with E-state index in [4.69, 9.17) is 14.2 Å². The highest BCUT2D eigenvalue weighted by atomic mass is 32.2. The van der Waals surface area contributed by atoms with Crippen molar-refractivity contribution < 1.29 is 19.0 Å². The van der Waals surface area contributed by atoms with Gasteiger partial charge in [-0.05, 0) is 50.2 Å². The lowest BCUT2D eigenvalue weighted by molar-refractivity contribution is -0.144. The van der Waals surface area contributed by atoms with E-state index in [0.717, 1.165) is 17.0 Å². The van der Waals surface area contributed by atoms with Gasteiger partial charge in [0.2, 0.25) is 0 Å². The summed E-state index contributed by atoms with van der Waals surface area (Å²) >= 11 is 1.27. The van der Waals surface area contributed by atoms with Crippen LogP contribution < -0.4 is 9.47 Å². The Morgan fingerprint density at radius 3 is 2.41 bits per heavy atom. The molecule has 152 valence electrons. The number of esters is 1. The summed E-state index contributed by atoms with van der Waals surface area (Å²) in [5.74, 6) is 1.89. The molecule has 0 aliphatic carbocycles. The molecule has 0 fully saturated rings. The molecule has 0 amide bonds. The first-order valence-electron chi connectivity index (χ1n) is 9.09. The minimum Gasteiger partial charge on any atom is -0.497 e. The molecule has 0 aliphatic heterocycles. The third-order valence-electron chi connectivity index (χ3n) is 4.00. The van der Waals surface area contributed by atoms with Crippen LogP contribution in [0.3, 0.4) is 0 Å². The molecule has 0 unspecified atom stereocenters.